The number of benzene rings is 1. The van der Waals surface area contributed by atoms with E-state index in [1.54, 1.807) is 6.20 Å². The Bertz CT molecular complexity index is 1460. The van der Waals surface area contributed by atoms with Gasteiger partial charge in [0.2, 0.25) is 5.95 Å². The third-order valence-corrected chi connectivity index (χ3v) is 7.41. The summed E-state index contributed by atoms with van der Waals surface area (Å²) in [5, 5.41) is 8.41. The second-order valence-corrected chi connectivity index (χ2v) is 9.53. The van der Waals surface area contributed by atoms with Gasteiger partial charge in [-0.1, -0.05) is 17.5 Å². The summed E-state index contributed by atoms with van der Waals surface area (Å²) < 4.78 is 21.9. The normalized spacial score (nSPS) is 21.9. The van der Waals surface area contributed by atoms with Gasteiger partial charge in [0.25, 0.3) is 0 Å². The third kappa shape index (κ3) is 3.33. The van der Waals surface area contributed by atoms with Gasteiger partial charge in [-0.3, -0.25) is 9.50 Å². The lowest BCUT2D eigenvalue weighted by molar-refractivity contribution is 0.0973. The highest BCUT2D eigenvalue weighted by molar-refractivity contribution is 6.30. The maximum Gasteiger partial charge on any atom is 0.213 e. The number of ether oxygens (including phenoxy) is 1. The standard InChI is InChI=1S/C24H23ClFN7O/c1-14-20(27)24(13-34-14)6-9-32(10-7-24)23-29-21-19(22-28-8-11-33(22)23)18(30-31-21)5-2-15-12-16(25)3-4-17(15)26/h3-4,8,11-12,14,20H,6-7,9-10,13,27H2,1H3,(H,30,31)/t14-,20+/m0/s1. The number of aromatic nitrogens is 5. The number of hydrogen-bond acceptors (Lipinski definition) is 6. The number of H-pyrrole nitrogens is 1. The first-order valence-electron chi connectivity index (χ1n) is 11.3. The van der Waals surface area contributed by atoms with Crippen LogP contribution >= 0.6 is 11.6 Å². The number of imidazole rings is 1. The molecule has 3 N–H and O–H groups in total. The first-order valence-corrected chi connectivity index (χ1v) is 11.6. The maximum atomic E-state index is 14.1. The Balaban J connectivity index is 1.35. The molecule has 1 spiro atoms. The lowest BCUT2D eigenvalue weighted by atomic mass is 9.73. The maximum absolute atomic E-state index is 14.1. The molecule has 0 unspecified atom stereocenters. The average molecular weight is 480 g/mol. The number of nitrogens with two attached hydrogens (primary N) is 1. The summed E-state index contributed by atoms with van der Waals surface area (Å²) in [4.78, 5) is 11.7. The molecule has 34 heavy (non-hydrogen) atoms. The zero-order valence-electron chi connectivity index (χ0n) is 18.6. The summed E-state index contributed by atoms with van der Waals surface area (Å²) in [6.07, 6.45) is 5.59. The van der Waals surface area contributed by atoms with E-state index >= 15 is 0 Å². The topological polar surface area (TPSA) is 97.4 Å². The predicted molar refractivity (Wildman–Crippen MR) is 127 cm³/mol. The van der Waals surface area contributed by atoms with Gasteiger partial charge >= 0.3 is 0 Å². The molecule has 0 saturated carbocycles. The van der Waals surface area contributed by atoms with E-state index < -0.39 is 5.82 Å². The highest BCUT2D eigenvalue weighted by atomic mass is 35.5. The second kappa shape index (κ2) is 7.94. The van der Waals surface area contributed by atoms with Crippen molar-refractivity contribution in [1.82, 2.24) is 24.6 Å². The van der Waals surface area contributed by atoms with Crippen LogP contribution in [0.2, 0.25) is 5.02 Å². The van der Waals surface area contributed by atoms with Crippen molar-refractivity contribution in [3.63, 3.8) is 0 Å². The molecule has 2 aliphatic heterocycles. The van der Waals surface area contributed by atoms with Gasteiger partial charge in [-0.2, -0.15) is 10.1 Å². The van der Waals surface area contributed by atoms with Crippen LogP contribution in [0.25, 0.3) is 16.7 Å². The smallest absolute Gasteiger partial charge is 0.213 e. The minimum absolute atomic E-state index is 0.0282. The fourth-order valence-electron chi connectivity index (χ4n) is 5.09. The molecule has 1 aromatic carbocycles. The molecule has 5 heterocycles. The minimum atomic E-state index is -0.437. The van der Waals surface area contributed by atoms with Crippen LogP contribution in [0.5, 0.6) is 0 Å². The van der Waals surface area contributed by atoms with Gasteiger partial charge in [0.15, 0.2) is 11.3 Å². The second-order valence-electron chi connectivity index (χ2n) is 9.09. The summed E-state index contributed by atoms with van der Waals surface area (Å²) in [6, 6.07) is 4.33. The van der Waals surface area contributed by atoms with E-state index in [1.165, 1.54) is 18.2 Å². The number of rotatable bonds is 1. The molecule has 0 aliphatic carbocycles. The van der Waals surface area contributed by atoms with E-state index in [1.807, 2.05) is 10.6 Å². The number of hydrogen-bond donors (Lipinski definition) is 2. The van der Waals surface area contributed by atoms with E-state index in [0.29, 0.717) is 34.0 Å². The number of aromatic amines is 1. The SMILES string of the molecule is C[C@@H]1OCC2(CCN(c3nc4[nH]nc(C#Cc5cc(Cl)ccc5F)c4c4nccn34)CC2)[C@@H]1N. The van der Waals surface area contributed by atoms with Crippen LogP contribution in [-0.2, 0) is 4.74 Å². The molecule has 3 aromatic heterocycles. The summed E-state index contributed by atoms with van der Waals surface area (Å²) in [7, 11) is 0. The average Bonchev–Trinajstić information content (AvgIpc) is 3.55. The number of nitrogens with one attached hydrogen (secondary N) is 1. The Kier molecular flexibility index (Phi) is 4.99. The molecular weight excluding hydrogens is 457 g/mol. The van der Waals surface area contributed by atoms with Gasteiger partial charge in [0.1, 0.15) is 11.5 Å². The molecule has 10 heteroatoms. The van der Waals surface area contributed by atoms with Crippen LogP contribution < -0.4 is 10.6 Å². The van der Waals surface area contributed by atoms with Crippen molar-refractivity contribution >= 4 is 34.2 Å². The first kappa shape index (κ1) is 21.4. The van der Waals surface area contributed by atoms with E-state index in [0.717, 1.165) is 31.9 Å². The largest absolute Gasteiger partial charge is 0.376 e. The molecule has 4 aromatic rings. The van der Waals surface area contributed by atoms with Crippen molar-refractivity contribution in [2.75, 3.05) is 24.6 Å². The molecule has 2 aliphatic rings. The monoisotopic (exact) mass is 479 g/mol. The van der Waals surface area contributed by atoms with Crippen LogP contribution in [0.15, 0.2) is 30.6 Å². The molecule has 174 valence electrons. The molecular formula is C24H23ClFN7O. The van der Waals surface area contributed by atoms with Crippen molar-refractivity contribution in [2.24, 2.45) is 11.1 Å². The van der Waals surface area contributed by atoms with Crippen molar-refractivity contribution < 1.29 is 9.13 Å². The van der Waals surface area contributed by atoms with Crippen LogP contribution in [0, 0.1) is 23.1 Å². The Hall–Kier alpha value is -3.19. The van der Waals surface area contributed by atoms with E-state index in [9.17, 15) is 4.39 Å². The summed E-state index contributed by atoms with van der Waals surface area (Å²) in [5.41, 5.74) is 8.44. The Morgan fingerprint density at radius 1 is 1.29 bits per heavy atom. The molecule has 0 bridgehead atoms. The number of halogens is 2. The first-order chi connectivity index (χ1) is 16.4. The zero-order valence-corrected chi connectivity index (χ0v) is 19.3. The Morgan fingerprint density at radius 2 is 2.12 bits per heavy atom. The molecule has 2 saturated heterocycles. The Labute approximate surface area is 200 Å². The molecule has 8 nitrogen and oxygen atoms in total. The van der Waals surface area contributed by atoms with Crippen molar-refractivity contribution in [2.45, 2.75) is 31.9 Å². The lowest BCUT2D eigenvalue weighted by Gasteiger charge is -2.41. The van der Waals surface area contributed by atoms with Crippen LogP contribution in [0.3, 0.4) is 0 Å². The van der Waals surface area contributed by atoms with Crippen LogP contribution in [0.4, 0.5) is 10.3 Å². The van der Waals surface area contributed by atoms with Crippen molar-refractivity contribution in [1.29, 1.82) is 0 Å². The van der Waals surface area contributed by atoms with Gasteiger partial charge in [0, 0.05) is 42.0 Å². The number of fused-ring (bicyclic) bond motifs is 3. The number of anilines is 1. The predicted octanol–water partition coefficient (Wildman–Crippen LogP) is 3.13. The van der Waals surface area contributed by atoms with E-state index in [2.05, 4.69) is 38.8 Å². The lowest BCUT2D eigenvalue weighted by Crippen LogP contribution is -2.51. The van der Waals surface area contributed by atoms with Gasteiger partial charge in [0.05, 0.1) is 23.7 Å². The van der Waals surface area contributed by atoms with Gasteiger partial charge in [-0.25, -0.2) is 9.37 Å². The summed E-state index contributed by atoms with van der Waals surface area (Å²) >= 11 is 5.98. The quantitative estimate of drug-likeness (QED) is 0.407. The summed E-state index contributed by atoms with van der Waals surface area (Å²) in [5.74, 6) is 6.13. The zero-order chi connectivity index (χ0) is 23.4. The van der Waals surface area contributed by atoms with Gasteiger partial charge in [-0.15, -0.1) is 0 Å². The van der Waals surface area contributed by atoms with Crippen molar-refractivity contribution in [3.8, 4) is 11.8 Å². The van der Waals surface area contributed by atoms with Gasteiger partial charge < -0.3 is 15.4 Å². The van der Waals surface area contributed by atoms with E-state index in [-0.39, 0.29) is 23.1 Å². The highest BCUT2D eigenvalue weighted by Gasteiger charge is 2.47. The minimum Gasteiger partial charge on any atom is -0.376 e. The molecule has 2 atom stereocenters. The molecule has 2 fully saturated rings. The van der Waals surface area contributed by atoms with Crippen molar-refractivity contribution in [3.05, 3.63) is 52.7 Å². The van der Waals surface area contributed by atoms with Crippen LogP contribution in [-0.4, -0.2) is 56.4 Å². The van der Waals surface area contributed by atoms with Crippen LogP contribution in [0.1, 0.15) is 31.0 Å². The highest BCUT2D eigenvalue weighted by Crippen LogP contribution is 2.42. The summed E-state index contributed by atoms with van der Waals surface area (Å²) in [6.45, 7) is 4.41. The number of nitrogens with zero attached hydrogens (tertiary/aromatic N) is 5. The fourth-order valence-corrected chi connectivity index (χ4v) is 5.26. The number of piperidine rings is 1. The van der Waals surface area contributed by atoms with Gasteiger partial charge in [-0.05, 0) is 43.9 Å². The molecule has 6 rings (SSSR count). The molecule has 0 amide bonds. The third-order valence-electron chi connectivity index (χ3n) is 7.17. The fraction of sp³-hybridized carbons (Fsp3) is 0.375. The van der Waals surface area contributed by atoms with E-state index in [4.69, 9.17) is 27.1 Å². The molecule has 0 radical (unpaired) electrons. The Morgan fingerprint density at radius 3 is 2.88 bits per heavy atom.